The second-order valence-electron chi connectivity index (χ2n) is 8.67. The van der Waals surface area contributed by atoms with E-state index < -0.39 is 11.9 Å². The number of aryl methyl sites for hydroxylation is 1. The van der Waals surface area contributed by atoms with Crippen LogP contribution in [0.15, 0.2) is 43.0 Å². The van der Waals surface area contributed by atoms with Crippen LogP contribution in [0.1, 0.15) is 54.7 Å². The van der Waals surface area contributed by atoms with E-state index in [0.29, 0.717) is 35.7 Å². The van der Waals surface area contributed by atoms with E-state index in [2.05, 4.69) is 32.6 Å². The van der Waals surface area contributed by atoms with E-state index in [1.165, 1.54) is 29.2 Å². The van der Waals surface area contributed by atoms with Gasteiger partial charge in [0.1, 0.15) is 6.54 Å². The van der Waals surface area contributed by atoms with Crippen molar-refractivity contribution >= 4 is 23.1 Å². The number of aromatic nitrogens is 5. The molecule has 2 N–H and O–H groups in total. The fourth-order valence-corrected chi connectivity index (χ4v) is 4.17. The minimum Gasteiger partial charge on any atom is -0.352 e. The van der Waals surface area contributed by atoms with Gasteiger partial charge in [-0.2, -0.15) is 23.5 Å². The molecule has 0 saturated heterocycles. The minimum absolute atomic E-state index is 0.125. The van der Waals surface area contributed by atoms with E-state index in [4.69, 9.17) is 5.26 Å². The number of nitrogens with one attached hydrogen (secondary N) is 2. The summed E-state index contributed by atoms with van der Waals surface area (Å²) in [6.07, 6.45) is 4.42. The van der Waals surface area contributed by atoms with E-state index in [1.807, 2.05) is 13.0 Å². The van der Waals surface area contributed by atoms with Gasteiger partial charge in [0.2, 0.25) is 0 Å². The normalized spacial score (nSPS) is 11.5. The van der Waals surface area contributed by atoms with E-state index in [0.717, 1.165) is 29.5 Å². The van der Waals surface area contributed by atoms with Gasteiger partial charge >= 0.3 is 6.18 Å². The van der Waals surface area contributed by atoms with Crippen LogP contribution in [0.4, 0.5) is 24.7 Å². The number of hydrogen-bond acceptors (Lipinski definition) is 6. The number of rotatable bonds is 10. The Morgan fingerprint density at radius 3 is 2.71 bits per heavy atom. The largest absolute Gasteiger partial charge is 0.435 e. The Labute approximate surface area is 217 Å². The van der Waals surface area contributed by atoms with Gasteiger partial charge in [-0.1, -0.05) is 26.7 Å². The molecule has 0 aliphatic rings. The Morgan fingerprint density at radius 2 is 2.00 bits per heavy atom. The quantitative estimate of drug-likeness (QED) is 0.270. The predicted octanol–water partition coefficient (Wildman–Crippen LogP) is 5.36. The molecule has 0 aliphatic carbocycles. The number of amides is 1. The third-order valence-corrected chi connectivity index (χ3v) is 6.03. The first-order chi connectivity index (χ1) is 18.3. The van der Waals surface area contributed by atoms with Gasteiger partial charge in [0.15, 0.2) is 17.2 Å². The summed E-state index contributed by atoms with van der Waals surface area (Å²) in [5, 5.41) is 18.6. The second kappa shape index (κ2) is 11.3. The average molecular weight is 525 g/mol. The van der Waals surface area contributed by atoms with E-state index in [1.54, 1.807) is 18.2 Å². The zero-order valence-corrected chi connectivity index (χ0v) is 21.0. The van der Waals surface area contributed by atoms with Crippen LogP contribution in [0.2, 0.25) is 0 Å². The third kappa shape index (κ3) is 5.61. The molecule has 38 heavy (non-hydrogen) atoms. The van der Waals surface area contributed by atoms with Gasteiger partial charge in [0.25, 0.3) is 5.91 Å². The van der Waals surface area contributed by atoms with Crippen molar-refractivity contribution in [3.05, 3.63) is 59.8 Å². The summed E-state index contributed by atoms with van der Waals surface area (Å²) in [5.41, 5.74) is 1.27. The van der Waals surface area contributed by atoms with Gasteiger partial charge in [-0.05, 0) is 36.6 Å². The van der Waals surface area contributed by atoms with Crippen LogP contribution in [0.5, 0.6) is 0 Å². The molecule has 4 rings (SSSR count). The summed E-state index contributed by atoms with van der Waals surface area (Å²) in [7, 11) is 0. The molecule has 0 fully saturated rings. The van der Waals surface area contributed by atoms with Crippen molar-refractivity contribution in [1.82, 2.24) is 29.5 Å². The number of benzene rings is 1. The predicted molar refractivity (Wildman–Crippen MR) is 136 cm³/mol. The number of fused-ring (bicyclic) bond motifs is 1. The number of nitriles is 1. The second-order valence-corrected chi connectivity index (χ2v) is 8.67. The summed E-state index contributed by atoms with van der Waals surface area (Å²) < 4.78 is 43.5. The summed E-state index contributed by atoms with van der Waals surface area (Å²) in [6, 6.07) is 7.14. The Morgan fingerprint density at radius 1 is 1.18 bits per heavy atom. The molecule has 9 nitrogen and oxygen atoms in total. The highest BCUT2D eigenvalue weighted by Gasteiger charge is 2.38. The molecule has 1 aromatic carbocycles. The Bertz CT molecular complexity index is 1480. The van der Waals surface area contributed by atoms with Crippen LogP contribution < -0.4 is 10.6 Å². The van der Waals surface area contributed by atoms with Crippen LogP contribution in [0, 0.1) is 11.3 Å². The van der Waals surface area contributed by atoms with Gasteiger partial charge in [0.05, 0.1) is 23.5 Å². The van der Waals surface area contributed by atoms with Crippen molar-refractivity contribution in [2.75, 3.05) is 11.9 Å². The highest BCUT2D eigenvalue weighted by molar-refractivity contribution is 5.96. The van der Waals surface area contributed by atoms with Gasteiger partial charge in [-0.3, -0.25) is 13.9 Å². The first-order valence-corrected chi connectivity index (χ1v) is 12.3. The molecular weight excluding hydrogens is 497 g/mol. The van der Waals surface area contributed by atoms with Crippen LogP contribution in [0.25, 0.3) is 16.9 Å². The SMILES string of the molecule is CCCCCNC(=O)c1ccc(Nc2nccn3c(-c4cn(CC#N)nc4C(F)(F)F)cnc23)cc1CC. The smallest absolute Gasteiger partial charge is 0.352 e. The maximum atomic E-state index is 13.7. The van der Waals surface area contributed by atoms with Crippen molar-refractivity contribution in [3.8, 4) is 17.3 Å². The molecule has 3 aromatic heterocycles. The maximum Gasteiger partial charge on any atom is 0.435 e. The lowest BCUT2D eigenvalue weighted by Gasteiger charge is -2.13. The lowest BCUT2D eigenvalue weighted by Crippen LogP contribution is -2.25. The maximum absolute atomic E-state index is 13.7. The third-order valence-electron chi connectivity index (χ3n) is 6.03. The minimum atomic E-state index is -4.71. The van der Waals surface area contributed by atoms with E-state index >= 15 is 0 Å². The van der Waals surface area contributed by atoms with Crippen molar-refractivity contribution in [2.24, 2.45) is 0 Å². The summed E-state index contributed by atoms with van der Waals surface area (Å²) >= 11 is 0. The lowest BCUT2D eigenvalue weighted by atomic mass is 10.0. The fraction of sp³-hybridized carbons (Fsp3) is 0.346. The number of halogens is 3. The first-order valence-electron chi connectivity index (χ1n) is 12.3. The molecule has 0 unspecified atom stereocenters. The highest BCUT2D eigenvalue weighted by Crippen LogP contribution is 2.37. The number of unbranched alkanes of at least 4 members (excludes halogenated alkanes) is 2. The van der Waals surface area contributed by atoms with Crippen LogP contribution in [-0.2, 0) is 19.1 Å². The molecule has 0 radical (unpaired) electrons. The van der Waals surface area contributed by atoms with Crippen LogP contribution in [0.3, 0.4) is 0 Å². The molecule has 4 aromatic rings. The summed E-state index contributed by atoms with van der Waals surface area (Å²) in [5.74, 6) is 0.204. The fourth-order valence-electron chi connectivity index (χ4n) is 4.17. The molecule has 0 aliphatic heterocycles. The summed E-state index contributed by atoms with van der Waals surface area (Å²) in [4.78, 5) is 21.3. The van der Waals surface area contributed by atoms with Crippen molar-refractivity contribution < 1.29 is 18.0 Å². The Hall–Kier alpha value is -4.40. The molecule has 0 atom stereocenters. The molecule has 0 bridgehead atoms. The van der Waals surface area contributed by atoms with E-state index in [-0.39, 0.29) is 23.7 Å². The summed E-state index contributed by atoms with van der Waals surface area (Å²) in [6.45, 7) is 4.36. The van der Waals surface area contributed by atoms with Crippen LogP contribution in [-0.4, -0.2) is 36.6 Å². The van der Waals surface area contributed by atoms with Crippen molar-refractivity contribution in [3.63, 3.8) is 0 Å². The highest BCUT2D eigenvalue weighted by atomic mass is 19.4. The lowest BCUT2D eigenvalue weighted by molar-refractivity contribution is -0.141. The molecule has 1 amide bonds. The number of alkyl halides is 3. The number of imidazole rings is 1. The molecule has 198 valence electrons. The Balaban J connectivity index is 1.64. The molecule has 3 heterocycles. The molecule has 0 saturated carbocycles. The number of carbonyl (C=O) groups excluding carboxylic acids is 1. The standard InChI is InChI=1S/C26H27F3N8O/c1-3-5-6-10-32-25(38)19-8-7-18(14-17(19)4-2)34-23-24-33-15-21(37(24)13-11-31-23)20-16-36(12-9-30)35-22(20)26(27,28)29/h7-8,11,13-16H,3-6,10,12H2,1-2H3,(H,31,34)(H,32,38). The monoisotopic (exact) mass is 524 g/mol. The number of nitrogens with zero attached hydrogens (tertiary/aromatic N) is 6. The van der Waals surface area contributed by atoms with Gasteiger partial charge < -0.3 is 10.6 Å². The van der Waals surface area contributed by atoms with Gasteiger partial charge in [0, 0.05) is 36.4 Å². The van der Waals surface area contributed by atoms with Gasteiger partial charge in [-0.25, -0.2) is 9.97 Å². The zero-order valence-electron chi connectivity index (χ0n) is 21.0. The average Bonchev–Trinajstić information content (AvgIpc) is 3.51. The van der Waals surface area contributed by atoms with Crippen LogP contribution >= 0.6 is 0 Å². The number of anilines is 2. The van der Waals surface area contributed by atoms with Crippen molar-refractivity contribution in [2.45, 2.75) is 52.3 Å². The van der Waals surface area contributed by atoms with Gasteiger partial charge in [-0.15, -0.1) is 0 Å². The van der Waals surface area contributed by atoms with Crippen molar-refractivity contribution in [1.29, 1.82) is 5.26 Å². The Kier molecular flexibility index (Phi) is 7.95. The number of carbonyl (C=O) groups is 1. The molecule has 12 heteroatoms. The topological polar surface area (TPSA) is 113 Å². The molecule has 0 spiro atoms. The zero-order chi connectivity index (χ0) is 27.3. The van der Waals surface area contributed by atoms with E-state index in [9.17, 15) is 18.0 Å². The first kappa shape index (κ1) is 26.7. The molecular formula is C26H27F3N8O. The number of hydrogen-bond donors (Lipinski definition) is 2.